The fourth-order valence-corrected chi connectivity index (χ4v) is 2.61. The molecule has 1 aliphatic rings. The van der Waals surface area contributed by atoms with E-state index in [0.29, 0.717) is 12.3 Å². The second-order valence-corrected chi connectivity index (χ2v) is 5.85. The van der Waals surface area contributed by atoms with Gasteiger partial charge in [-0.25, -0.2) is 8.78 Å². The SMILES string of the molecule is CN(CC(=O)Nc1cc(F)cc(F)c1)C(=O)CCC1CCNC1.Cl. The van der Waals surface area contributed by atoms with E-state index in [2.05, 4.69) is 10.6 Å². The molecular formula is C16H22ClF2N3O2. The van der Waals surface area contributed by atoms with Crippen molar-refractivity contribution in [2.75, 3.05) is 32.0 Å². The van der Waals surface area contributed by atoms with E-state index < -0.39 is 17.5 Å². The number of benzene rings is 1. The summed E-state index contributed by atoms with van der Waals surface area (Å²) < 4.78 is 26.1. The molecule has 1 atom stereocenters. The van der Waals surface area contributed by atoms with Crippen LogP contribution in [0.25, 0.3) is 0 Å². The summed E-state index contributed by atoms with van der Waals surface area (Å²) in [5.41, 5.74) is 0.0328. The third kappa shape index (κ3) is 6.41. The number of rotatable bonds is 6. The number of amides is 2. The van der Waals surface area contributed by atoms with Gasteiger partial charge in [0.05, 0.1) is 6.54 Å². The van der Waals surface area contributed by atoms with Crippen molar-refractivity contribution >= 4 is 29.9 Å². The van der Waals surface area contributed by atoms with E-state index in [1.54, 1.807) is 7.05 Å². The van der Waals surface area contributed by atoms with Crippen molar-refractivity contribution < 1.29 is 18.4 Å². The number of carbonyl (C=O) groups is 2. The Morgan fingerprint density at radius 1 is 1.29 bits per heavy atom. The van der Waals surface area contributed by atoms with Gasteiger partial charge in [-0.05, 0) is 44.0 Å². The van der Waals surface area contributed by atoms with Crippen LogP contribution in [0.1, 0.15) is 19.3 Å². The molecule has 2 amide bonds. The van der Waals surface area contributed by atoms with Crippen molar-refractivity contribution in [1.82, 2.24) is 10.2 Å². The highest BCUT2D eigenvalue weighted by molar-refractivity contribution is 5.94. The highest BCUT2D eigenvalue weighted by Gasteiger charge is 2.18. The minimum absolute atomic E-state index is 0. The molecule has 1 aromatic carbocycles. The van der Waals surface area contributed by atoms with E-state index in [9.17, 15) is 18.4 Å². The van der Waals surface area contributed by atoms with Crippen molar-refractivity contribution in [3.8, 4) is 0 Å². The maximum absolute atomic E-state index is 13.1. The first-order chi connectivity index (χ1) is 10.9. The summed E-state index contributed by atoms with van der Waals surface area (Å²) in [5, 5.41) is 5.63. The smallest absolute Gasteiger partial charge is 0.243 e. The summed E-state index contributed by atoms with van der Waals surface area (Å²) in [6, 6.07) is 2.77. The molecule has 1 unspecified atom stereocenters. The molecule has 5 nitrogen and oxygen atoms in total. The second-order valence-electron chi connectivity index (χ2n) is 5.85. The lowest BCUT2D eigenvalue weighted by atomic mass is 10.0. The van der Waals surface area contributed by atoms with Gasteiger partial charge >= 0.3 is 0 Å². The number of anilines is 1. The quantitative estimate of drug-likeness (QED) is 0.816. The van der Waals surface area contributed by atoms with Gasteiger partial charge in [-0.1, -0.05) is 0 Å². The number of halogens is 3. The standard InChI is InChI=1S/C16H21F2N3O2.ClH/c1-21(16(23)3-2-11-4-5-19-9-11)10-15(22)20-14-7-12(17)6-13(18)8-14;/h6-8,11,19H,2-5,9-10H2,1H3,(H,20,22);1H. The van der Waals surface area contributed by atoms with Gasteiger partial charge in [0, 0.05) is 25.2 Å². The van der Waals surface area contributed by atoms with Crippen LogP contribution in [0.3, 0.4) is 0 Å². The van der Waals surface area contributed by atoms with Gasteiger partial charge in [0.25, 0.3) is 0 Å². The van der Waals surface area contributed by atoms with Crippen LogP contribution in [0.15, 0.2) is 18.2 Å². The van der Waals surface area contributed by atoms with E-state index in [1.165, 1.54) is 4.90 Å². The first-order valence-electron chi connectivity index (χ1n) is 7.64. The molecular weight excluding hydrogens is 340 g/mol. The van der Waals surface area contributed by atoms with Gasteiger partial charge in [-0.2, -0.15) is 0 Å². The predicted octanol–water partition coefficient (Wildman–Crippen LogP) is 2.17. The molecule has 0 radical (unpaired) electrons. The Bertz CT molecular complexity index is 560. The zero-order chi connectivity index (χ0) is 16.8. The molecule has 1 aromatic rings. The van der Waals surface area contributed by atoms with Crippen LogP contribution >= 0.6 is 12.4 Å². The molecule has 1 saturated heterocycles. The fourth-order valence-electron chi connectivity index (χ4n) is 2.61. The van der Waals surface area contributed by atoms with E-state index >= 15 is 0 Å². The fraction of sp³-hybridized carbons (Fsp3) is 0.500. The lowest BCUT2D eigenvalue weighted by Crippen LogP contribution is -2.35. The van der Waals surface area contributed by atoms with Gasteiger partial charge in [0.15, 0.2) is 0 Å². The number of hydrogen-bond acceptors (Lipinski definition) is 3. The van der Waals surface area contributed by atoms with Gasteiger partial charge < -0.3 is 15.5 Å². The van der Waals surface area contributed by atoms with Crippen LogP contribution in [-0.4, -0.2) is 43.4 Å². The molecule has 1 aliphatic heterocycles. The van der Waals surface area contributed by atoms with E-state index in [-0.39, 0.29) is 30.5 Å². The van der Waals surface area contributed by atoms with Crippen molar-refractivity contribution in [1.29, 1.82) is 0 Å². The molecule has 2 N–H and O–H groups in total. The predicted molar refractivity (Wildman–Crippen MR) is 90.1 cm³/mol. The molecule has 0 aromatic heterocycles. The van der Waals surface area contributed by atoms with Crippen LogP contribution in [0, 0.1) is 17.6 Å². The number of likely N-dealkylation sites (N-methyl/N-ethyl adjacent to an activating group) is 1. The lowest BCUT2D eigenvalue weighted by Gasteiger charge is -2.18. The highest BCUT2D eigenvalue weighted by Crippen LogP contribution is 2.15. The maximum atomic E-state index is 13.1. The van der Waals surface area contributed by atoms with Gasteiger partial charge in [-0.15, -0.1) is 12.4 Å². The van der Waals surface area contributed by atoms with Crippen LogP contribution in [-0.2, 0) is 9.59 Å². The largest absolute Gasteiger partial charge is 0.336 e. The van der Waals surface area contributed by atoms with Crippen molar-refractivity contribution in [2.24, 2.45) is 5.92 Å². The van der Waals surface area contributed by atoms with Crippen LogP contribution < -0.4 is 10.6 Å². The minimum atomic E-state index is -0.769. The molecule has 0 bridgehead atoms. The van der Waals surface area contributed by atoms with Crippen molar-refractivity contribution in [2.45, 2.75) is 19.3 Å². The summed E-state index contributed by atoms with van der Waals surface area (Å²) in [6.45, 7) is 1.77. The van der Waals surface area contributed by atoms with Gasteiger partial charge in [0.1, 0.15) is 11.6 Å². The van der Waals surface area contributed by atoms with Crippen LogP contribution in [0.2, 0.25) is 0 Å². The number of nitrogens with one attached hydrogen (secondary N) is 2. The molecule has 2 rings (SSSR count). The topological polar surface area (TPSA) is 61.4 Å². The molecule has 24 heavy (non-hydrogen) atoms. The Kier molecular flexibility index (Phi) is 8.07. The molecule has 134 valence electrons. The number of hydrogen-bond donors (Lipinski definition) is 2. The first kappa shape index (κ1) is 20.3. The lowest BCUT2D eigenvalue weighted by molar-refractivity contribution is -0.133. The zero-order valence-corrected chi connectivity index (χ0v) is 14.3. The summed E-state index contributed by atoms with van der Waals surface area (Å²) in [4.78, 5) is 25.2. The third-order valence-electron chi connectivity index (χ3n) is 3.88. The molecule has 0 spiro atoms. The Balaban J connectivity index is 0.00000288. The summed E-state index contributed by atoms with van der Waals surface area (Å²) >= 11 is 0. The van der Waals surface area contributed by atoms with Crippen LogP contribution in [0.4, 0.5) is 14.5 Å². The Morgan fingerprint density at radius 2 is 1.96 bits per heavy atom. The van der Waals surface area contributed by atoms with E-state index in [0.717, 1.165) is 44.1 Å². The normalized spacial score (nSPS) is 16.4. The molecule has 8 heteroatoms. The molecule has 0 saturated carbocycles. The Morgan fingerprint density at radius 3 is 2.54 bits per heavy atom. The number of carbonyl (C=O) groups excluding carboxylic acids is 2. The van der Waals surface area contributed by atoms with Crippen molar-refractivity contribution in [3.63, 3.8) is 0 Å². The highest BCUT2D eigenvalue weighted by atomic mass is 35.5. The monoisotopic (exact) mass is 361 g/mol. The molecule has 1 heterocycles. The van der Waals surface area contributed by atoms with E-state index in [1.807, 2.05) is 0 Å². The maximum Gasteiger partial charge on any atom is 0.243 e. The summed E-state index contributed by atoms with van der Waals surface area (Å²) in [6.07, 6.45) is 2.26. The molecule has 1 fully saturated rings. The average molecular weight is 362 g/mol. The van der Waals surface area contributed by atoms with Crippen molar-refractivity contribution in [3.05, 3.63) is 29.8 Å². The first-order valence-corrected chi connectivity index (χ1v) is 7.64. The van der Waals surface area contributed by atoms with E-state index in [4.69, 9.17) is 0 Å². The second kappa shape index (κ2) is 9.54. The van der Waals surface area contributed by atoms with Gasteiger partial charge in [-0.3, -0.25) is 9.59 Å². The number of nitrogens with zero attached hydrogens (tertiary/aromatic N) is 1. The zero-order valence-electron chi connectivity index (χ0n) is 13.5. The third-order valence-corrected chi connectivity index (χ3v) is 3.88. The average Bonchev–Trinajstić information content (AvgIpc) is 2.96. The van der Waals surface area contributed by atoms with Gasteiger partial charge in [0.2, 0.25) is 11.8 Å². The minimum Gasteiger partial charge on any atom is -0.336 e. The summed E-state index contributed by atoms with van der Waals surface area (Å²) in [5.74, 6) is -1.63. The molecule has 0 aliphatic carbocycles. The van der Waals surface area contributed by atoms with Crippen LogP contribution in [0.5, 0.6) is 0 Å². The Hall–Kier alpha value is -1.73. The Labute approximate surface area is 146 Å². The summed E-state index contributed by atoms with van der Waals surface area (Å²) in [7, 11) is 1.54.